The average molecular weight is 370 g/mol. The lowest BCUT2D eigenvalue weighted by atomic mass is 10.0. The lowest BCUT2D eigenvalue weighted by molar-refractivity contribution is -0.131. The molecular weight excluding hydrogens is 347 g/mol. The van der Waals surface area contributed by atoms with Gasteiger partial charge in [-0.05, 0) is 82.1 Å². The molecule has 0 aliphatic heterocycles. The highest BCUT2D eigenvalue weighted by atomic mass is 19.1. The van der Waals surface area contributed by atoms with Gasteiger partial charge in [-0.3, -0.25) is 9.59 Å². The van der Waals surface area contributed by atoms with E-state index in [1.807, 2.05) is 20.8 Å². The van der Waals surface area contributed by atoms with Gasteiger partial charge in [0.1, 0.15) is 22.6 Å². The predicted octanol–water partition coefficient (Wildman–Crippen LogP) is 4.36. The summed E-state index contributed by atoms with van der Waals surface area (Å²) in [5.74, 6) is -0.396. The summed E-state index contributed by atoms with van der Waals surface area (Å²) in [6.45, 7) is 5.87. The van der Waals surface area contributed by atoms with Crippen molar-refractivity contribution in [1.29, 1.82) is 0 Å². The first-order valence-electron chi connectivity index (χ1n) is 8.86. The van der Waals surface area contributed by atoms with Crippen LogP contribution in [0, 0.1) is 11.2 Å². The van der Waals surface area contributed by atoms with Gasteiger partial charge in [-0.25, -0.2) is 4.39 Å². The van der Waals surface area contributed by atoms with E-state index in [0.29, 0.717) is 30.0 Å². The van der Waals surface area contributed by atoms with Crippen molar-refractivity contribution in [3.05, 3.63) is 54.3 Å². The molecule has 2 amide bonds. The third-order valence-corrected chi connectivity index (χ3v) is 4.26. The van der Waals surface area contributed by atoms with Gasteiger partial charge in [0.2, 0.25) is 11.8 Å². The molecule has 3 rings (SSSR count). The predicted molar refractivity (Wildman–Crippen MR) is 102 cm³/mol. The summed E-state index contributed by atoms with van der Waals surface area (Å²) < 4.78 is 18.7. The van der Waals surface area contributed by atoms with Crippen molar-refractivity contribution in [3.63, 3.8) is 0 Å². The van der Waals surface area contributed by atoms with Crippen molar-refractivity contribution in [2.45, 2.75) is 39.2 Å². The van der Waals surface area contributed by atoms with Crippen LogP contribution in [-0.2, 0) is 9.59 Å². The van der Waals surface area contributed by atoms with Gasteiger partial charge in [0.25, 0.3) is 0 Å². The molecule has 0 saturated heterocycles. The Hall–Kier alpha value is -2.89. The van der Waals surface area contributed by atoms with Crippen LogP contribution in [0.15, 0.2) is 48.5 Å². The Morgan fingerprint density at radius 2 is 1.33 bits per heavy atom. The fraction of sp³-hybridized carbons (Fsp3) is 0.333. The van der Waals surface area contributed by atoms with Crippen molar-refractivity contribution in [1.82, 2.24) is 0 Å². The molecule has 2 aromatic rings. The fourth-order valence-electron chi connectivity index (χ4n) is 2.68. The molecule has 0 unspecified atom stereocenters. The van der Waals surface area contributed by atoms with Gasteiger partial charge < -0.3 is 15.4 Å². The molecule has 1 aliphatic rings. The summed E-state index contributed by atoms with van der Waals surface area (Å²) in [7, 11) is 0. The minimum atomic E-state index is -1.07. The maximum atomic E-state index is 13.0. The Labute approximate surface area is 157 Å². The quantitative estimate of drug-likeness (QED) is 0.769. The van der Waals surface area contributed by atoms with Crippen LogP contribution >= 0.6 is 0 Å². The first-order valence-corrected chi connectivity index (χ1v) is 8.86. The summed E-state index contributed by atoms with van der Waals surface area (Å²) in [4.78, 5) is 25.2. The molecule has 1 fully saturated rings. The second kappa shape index (κ2) is 7.02. The number of benzene rings is 2. The monoisotopic (exact) mass is 370 g/mol. The van der Waals surface area contributed by atoms with Gasteiger partial charge in [0.15, 0.2) is 0 Å². The average Bonchev–Trinajstić information content (AvgIpc) is 3.39. The molecule has 0 radical (unpaired) electrons. The molecule has 0 bridgehead atoms. The number of hydrogen-bond donors (Lipinski definition) is 2. The van der Waals surface area contributed by atoms with Crippen molar-refractivity contribution < 1.29 is 18.7 Å². The zero-order valence-electron chi connectivity index (χ0n) is 15.6. The Morgan fingerprint density at radius 1 is 0.889 bits per heavy atom. The number of amides is 2. The number of halogens is 1. The lowest BCUT2D eigenvalue weighted by Crippen LogP contribution is -2.35. The van der Waals surface area contributed by atoms with E-state index in [0.717, 1.165) is 0 Å². The Morgan fingerprint density at radius 3 is 1.74 bits per heavy atom. The summed E-state index contributed by atoms with van der Waals surface area (Å²) in [6.07, 6.45) is 0.966. The Kier molecular flexibility index (Phi) is 4.91. The standard InChI is InChI=1S/C21H23FN2O3/c1-20(2,3)27-17-10-8-16(9-11-17)24-19(26)21(12-13-21)18(25)23-15-6-4-14(22)5-7-15/h4-11H,12-13H2,1-3H3,(H,23,25)(H,24,26). The fourth-order valence-corrected chi connectivity index (χ4v) is 2.68. The highest BCUT2D eigenvalue weighted by molar-refractivity contribution is 6.16. The molecule has 27 heavy (non-hydrogen) atoms. The normalized spacial score (nSPS) is 15.0. The number of hydrogen-bond acceptors (Lipinski definition) is 3. The number of rotatable bonds is 5. The van der Waals surface area contributed by atoms with Gasteiger partial charge >= 0.3 is 0 Å². The van der Waals surface area contributed by atoms with E-state index in [1.54, 1.807) is 24.3 Å². The zero-order chi connectivity index (χ0) is 19.7. The van der Waals surface area contributed by atoms with E-state index >= 15 is 0 Å². The third kappa shape index (κ3) is 4.64. The summed E-state index contributed by atoms with van der Waals surface area (Å²) in [6, 6.07) is 12.5. The minimum absolute atomic E-state index is 0.304. The van der Waals surface area contributed by atoms with Crippen LogP contribution in [0.3, 0.4) is 0 Å². The van der Waals surface area contributed by atoms with Gasteiger partial charge in [-0.2, -0.15) is 0 Å². The number of nitrogens with one attached hydrogen (secondary N) is 2. The van der Waals surface area contributed by atoms with E-state index in [2.05, 4.69) is 10.6 Å². The molecule has 1 aliphatic carbocycles. The summed E-state index contributed by atoms with van der Waals surface area (Å²) in [5, 5.41) is 5.48. The van der Waals surface area contributed by atoms with E-state index in [4.69, 9.17) is 4.74 Å². The van der Waals surface area contributed by atoms with E-state index in [1.165, 1.54) is 24.3 Å². The molecule has 6 heteroatoms. The Balaban J connectivity index is 1.63. The maximum Gasteiger partial charge on any atom is 0.240 e. The number of anilines is 2. The van der Waals surface area contributed by atoms with Crippen LogP contribution in [0.1, 0.15) is 33.6 Å². The van der Waals surface area contributed by atoms with E-state index < -0.39 is 5.41 Å². The molecule has 142 valence electrons. The zero-order valence-corrected chi connectivity index (χ0v) is 15.6. The summed E-state index contributed by atoms with van der Waals surface area (Å²) in [5.41, 5.74) is -0.317. The van der Waals surface area contributed by atoms with Crippen LogP contribution in [-0.4, -0.2) is 17.4 Å². The third-order valence-electron chi connectivity index (χ3n) is 4.26. The molecule has 0 heterocycles. The molecule has 2 N–H and O–H groups in total. The lowest BCUT2D eigenvalue weighted by Gasteiger charge is -2.21. The molecular formula is C21H23FN2O3. The molecule has 0 aromatic heterocycles. The summed E-state index contributed by atoms with van der Waals surface area (Å²) >= 11 is 0. The number of ether oxygens (including phenoxy) is 1. The van der Waals surface area contributed by atoms with Crippen LogP contribution < -0.4 is 15.4 Å². The number of carbonyl (C=O) groups is 2. The SMILES string of the molecule is CC(C)(C)Oc1ccc(NC(=O)C2(C(=O)Nc3ccc(F)cc3)CC2)cc1. The van der Waals surface area contributed by atoms with Crippen LogP contribution in [0.2, 0.25) is 0 Å². The maximum absolute atomic E-state index is 13.0. The second-order valence-corrected chi connectivity index (χ2v) is 7.74. The Bertz CT molecular complexity index is 835. The van der Waals surface area contributed by atoms with Crippen LogP contribution in [0.4, 0.5) is 15.8 Å². The van der Waals surface area contributed by atoms with Crippen LogP contribution in [0.25, 0.3) is 0 Å². The van der Waals surface area contributed by atoms with Gasteiger partial charge in [-0.1, -0.05) is 0 Å². The topological polar surface area (TPSA) is 67.4 Å². The smallest absolute Gasteiger partial charge is 0.240 e. The van der Waals surface area contributed by atoms with Crippen molar-refractivity contribution in [2.24, 2.45) is 5.41 Å². The molecule has 1 saturated carbocycles. The first-order chi connectivity index (χ1) is 12.7. The van der Waals surface area contributed by atoms with Crippen molar-refractivity contribution in [3.8, 4) is 5.75 Å². The first kappa shape index (κ1) is 18.9. The van der Waals surface area contributed by atoms with Gasteiger partial charge in [0, 0.05) is 11.4 Å². The molecule has 2 aromatic carbocycles. The second-order valence-electron chi connectivity index (χ2n) is 7.74. The van der Waals surface area contributed by atoms with E-state index in [9.17, 15) is 14.0 Å². The van der Waals surface area contributed by atoms with Gasteiger partial charge in [-0.15, -0.1) is 0 Å². The highest BCUT2D eigenvalue weighted by Crippen LogP contribution is 2.47. The van der Waals surface area contributed by atoms with Crippen molar-refractivity contribution in [2.75, 3.05) is 10.6 Å². The highest BCUT2D eigenvalue weighted by Gasteiger charge is 2.56. The minimum Gasteiger partial charge on any atom is -0.488 e. The van der Waals surface area contributed by atoms with Crippen molar-refractivity contribution >= 4 is 23.2 Å². The largest absolute Gasteiger partial charge is 0.488 e. The molecule has 5 nitrogen and oxygen atoms in total. The molecule has 0 atom stereocenters. The molecule has 0 spiro atoms. The number of carbonyl (C=O) groups excluding carboxylic acids is 2. The van der Waals surface area contributed by atoms with Gasteiger partial charge in [0.05, 0.1) is 0 Å². The van der Waals surface area contributed by atoms with Crippen LogP contribution in [0.5, 0.6) is 5.75 Å². The van der Waals surface area contributed by atoms with E-state index in [-0.39, 0.29) is 23.2 Å².